The van der Waals surface area contributed by atoms with Crippen LogP contribution < -0.4 is 14.8 Å². The van der Waals surface area contributed by atoms with E-state index in [1.807, 2.05) is 0 Å². The van der Waals surface area contributed by atoms with Gasteiger partial charge in [-0.3, -0.25) is 19.6 Å². The van der Waals surface area contributed by atoms with E-state index in [4.69, 9.17) is 4.74 Å². The summed E-state index contributed by atoms with van der Waals surface area (Å²) in [5.74, 6) is -0.451. The Morgan fingerprint density at radius 3 is 2.54 bits per heavy atom. The molecule has 0 heterocycles. The molecule has 2 N–H and O–H groups in total. The zero-order chi connectivity index (χ0) is 20.9. The number of nitro benzene ring substituents is 1. The number of ether oxygens (including phenoxy) is 1. The molecule has 2 rings (SSSR count). The van der Waals surface area contributed by atoms with Gasteiger partial charge in [0.1, 0.15) is 0 Å². The Balaban J connectivity index is 2.26. The number of rotatable bonds is 8. The van der Waals surface area contributed by atoms with Gasteiger partial charge in [0, 0.05) is 11.6 Å². The lowest BCUT2D eigenvalue weighted by Gasteiger charge is -2.18. The zero-order valence-electron chi connectivity index (χ0n) is 15.6. The molecular weight excluding hydrogens is 386 g/mol. The number of sulfonamides is 1. The summed E-state index contributed by atoms with van der Waals surface area (Å²) in [6.07, 6.45) is 1.03. The van der Waals surface area contributed by atoms with Crippen LogP contribution in [0.3, 0.4) is 0 Å². The first-order valence-corrected chi connectivity index (χ1v) is 10.3. The molecule has 0 aromatic heterocycles. The molecule has 0 aliphatic carbocycles. The van der Waals surface area contributed by atoms with Crippen molar-refractivity contribution in [1.29, 1.82) is 0 Å². The lowest BCUT2D eigenvalue weighted by Crippen LogP contribution is -2.27. The van der Waals surface area contributed by atoms with Gasteiger partial charge < -0.3 is 10.1 Å². The van der Waals surface area contributed by atoms with Gasteiger partial charge >= 0.3 is 5.69 Å². The van der Waals surface area contributed by atoms with Gasteiger partial charge in [-0.2, -0.15) is 0 Å². The zero-order valence-corrected chi connectivity index (χ0v) is 16.4. The molecule has 9 nitrogen and oxygen atoms in total. The van der Waals surface area contributed by atoms with Crippen LogP contribution in [-0.2, 0) is 10.0 Å². The molecule has 10 heteroatoms. The Kier molecular flexibility index (Phi) is 6.57. The molecule has 2 aromatic carbocycles. The van der Waals surface area contributed by atoms with Gasteiger partial charge in [0.15, 0.2) is 5.75 Å². The molecule has 0 radical (unpaired) electrons. The summed E-state index contributed by atoms with van der Waals surface area (Å²) >= 11 is 0. The average Bonchev–Trinajstić information content (AvgIpc) is 2.61. The van der Waals surface area contributed by atoms with Crippen molar-refractivity contribution in [2.24, 2.45) is 0 Å². The fraction of sp³-hybridized carbons (Fsp3) is 0.278. The van der Waals surface area contributed by atoms with E-state index in [1.54, 1.807) is 38.1 Å². The third-order valence-electron chi connectivity index (χ3n) is 3.79. The van der Waals surface area contributed by atoms with Gasteiger partial charge in [-0.15, -0.1) is 0 Å². The second-order valence-electron chi connectivity index (χ2n) is 6.03. The minimum Gasteiger partial charge on any atom is -0.487 e. The molecule has 0 bridgehead atoms. The number of carbonyl (C=O) groups is 1. The lowest BCUT2D eigenvalue weighted by molar-refractivity contribution is -0.385. The molecule has 0 saturated heterocycles. The highest BCUT2D eigenvalue weighted by molar-refractivity contribution is 7.92. The number of nitro groups is 1. The van der Waals surface area contributed by atoms with Gasteiger partial charge in [0.25, 0.3) is 5.91 Å². The number of anilines is 1. The van der Waals surface area contributed by atoms with Crippen LogP contribution in [0.25, 0.3) is 0 Å². The highest BCUT2D eigenvalue weighted by atomic mass is 32.2. The first kappa shape index (κ1) is 21.2. The summed E-state index contributed by atoms with van der Waals surface area (Å²) < 4.78 is 30.7. The van der Waals surface area contributed by atoms with Gasteiger partial charge in [0.05, 0.1) is 29.5 Å². The number of nitrogens with one attached hydrogen (secondary N) is 2. The van der Waals surface area contributed by atoms with Crippen LogP contribution in [0.1, 0.15) is 35.8 Å². The van der Waals surface area contributed by atoms with Crippen molar-refractivity contribution in [2.75, 3.05) is 17.6 Å². The van der Waals surface area contributed by atoms with Crippen molar-refractivity contribution < 1.29 is 22.9 Å². The van der Waals surface area contributed by atoms with Gasteiger partial charge in [-0.05, 0) is 37.6 Å². The van der Waals surface area contributed by atoms with Crippen LogP contribution >= 0.6 is 0 Å². The summed E-state index contributed by atoms with van der Waals surface area (Å²) in [7, 11) is -3.49. The predicted molar refractivity (Wildman–Crippen MR) is 105 cm³/mol. The standard InChI is InChI=1S/C18H21N3O6S/c1-4-27-17-10-9-13(11-16(17)21(23)24)18(22)19-12(2)14-7-5-6-8-15(14)20-28(3,25)26/h5-12,20H,4H2,1-3H3,(H,19,22). The third kappa shape index (κ3) is 5.43. The molecule has 0 saturated carbocycles. The summed E-state index contributed by atoms with van der Waals surface area (Å²) in [5, 5.41) is 13.9. The largest absolute Gasteiger partial charge is 0.487 e. The van der Waals surface area contributed by atoms with E-state index in [0.717, 1.165) is 12.3 Å². The van der Waals surface area contributed by atoms with Crippen LogP contribution in [0.15, 0.2) is 42.5 Å². The first-order chi connectivity index (χ1) is 13.1. The summed E-state index contributed by atoms with van der Waals surface area (Å²) in [5.41, 5.74) is 0.689. The van der Waals surface area contributed by atoms with Crippen molar-refractivity contribution in [2.45, 2.75) is 19.9 Å². The smallest absolute Gasteiger partial charge is 0.311 e. The normalized spacial score (nSPS) is 12.1. The Bertz CT molecular complexity index is 991. The summed E-state index contributed by atoms with van der Waals surface area (Å²) in [4.78, 5) is 23.2. The van der Waals surface area contributed by atoms with Gasteiger partial charge in [0.2, 0.25) is 10.0 Å². The van der Waals surface area contributed by atoms with E-state index in [0.29, 0.717) is 11.3 Å². The molecule has 150 valence electrons. The lowest BCUT2D eigenvalue weighted by atomic mass is 10.1. The van der Waals surface area contributed by atoms with Crippen LogP contribution in [0.4, 0.5) is 11.4 Å². The van der Waals surface area contributed by atoms with E-state index in [2.05, 4.69) is 10.0 Å². The minimum atomic E-state index is -3.49. The molecule has 1 unspecified atom stereocenters. The number of benzene rings is 2. The van der Waals surface area contributed by atoms with Crippen LogP contribution in [0.5, 0.6) is 5.75 Å². The quantitative estimate of drug-likeness (QED) is 0.512. The topological polar surface area (TPSA) is 128 Å². The highest BCUT2D eigenvalue weighted by Gasteiger charge is 2.21. The SMILES string of the molecule is CCOc1ccc(C(=O)NC(C)c2ccccc2NS(C)(=O)=O)cc1[N+](=O)[O-]. The summed E-state index contributed by atoms with van der Waals surface area (Å²) in [6, 6.07) is 10.0. The number of hydrogen-bond acceptors (Lipinski definition) is 6. The fourth-order valence-corrected chi connectivity index (χ4v) is 3.19. The second-order valence-corrected chi connectivity index (χ2v) is 7.78. The molecular formula is C18H21N3O6S. The van der Waals surface area contributed by atoms with Crippen molar-refractivity contribution >= 4 is 27.3 Å². The van der Waals surface area contributed by atoms with E-state index >= 15 is 0 Å². The first-order valence-electron chi connectivity index (χ1n) is 8.41. The molecule has 0 aliphatic rings. The van der Waals surface area contributed by atoms with E-state index in [-0.39, 0.29) is 23.6 Å². The minimum absolute atomic E-state index is 0.0831. The monoisotopic (exact) mass is 407 g/mol. The maximum Gasteiger partial charge on any atom is 0.311 e. The fourth-order valence-electron chi connectivity index (χ4n) is 2.60. The number of nitrogens with zero attached hydrogens (tertiary/aromatic N) is 1. The Labute approximate surface area is 162 Å². The molecule has 1 atom stereocenters. The van der Waals surface area contributed by atoms with Crippen molar-refractivity contribution in [3.63, 3.8) is 0 Å². The van der Waals surface area contributed by atoms with Gasteiger partial charge in [-0.1, -0.05) is 18.2 Å². The van der Waals surface area contributed by atoms with Gasteiger partial charge in [-0.25, -0.2) is 8.42 Å². The third-order valence-corrected chi connectivity index (χ3v) is 4.38. The molecule has 0 fully saturated rings. The maximum absolute atomic E-state index is 12.6. The van der Waals surface area contributed by atoms with Crippen LogP contribution in [0.2, 0.25) is 0 Å². The van der Waals surface area contributed by atoms with E-state index in [1.165, 1.54) is 12.1 Å². The number of amides is 1. The molecule has 2 aromatic rings. The number of carbonyl (C=O) groups excluding carboxylic acids is 1. The molecule has 28 heavy (non-hydrogen) atoms. The highest BCUT2D eigenvalue weighted by Crippen LogP contribution is 2.29. The predicted octanol–water partition coefficient (Wildman–Crippen LogP) is 2.86. The van der Waals surface area contributed by atoms with Crippen LogP contribution in [0, 0.1) is 10.1 Å². The molecule has 0 spiro atoms. The number of para-hydroxylation sites is 1. The van der Waals surface area contributed by atoms with E-state index in [9.17, 15) is 23.3 Å². The Morgan fingerprint density at radius 2 is 1.93 bits per heavy atom. The average molecular weight is 407 g/mol. The second kappa shape index (κ2) is 8.70. The Hall–Kier alpha value is -3.14. The van der Waals surface area contributed by atoms with E-state index < -0.39 is 26.9 Å². The Morgan fingerprint density at radius 1 is 1.25 bits per heavy atom. The molecule has 0 aliphatic heterocycles. The number of hydrogen-bond donors (Lipinski definition) is 2. The molecule has 1 amide bonds. The maximum atomic E-state index is 12.6. The van der Waals surface area contributed by atoms with Crippen LogP contribution in [-0.4, -0.2) is 32.1 Å². The van der Waals surface area contributed by atoms with Crippen molar-refractivity contribution in [3.8, 4) is 5.75 Å². The summed E-state index contributed by atoms with van der Waals surface area (Å²) in [6.45, 7) is 3.64. The van der Waals surface area contributed by atoms with Crippen molar-refractivity contribution in [1.82, 2.24) is 5.32 Å². The van der Waals surface area contributed by atoms with Crippen molar-refractivity contribution in [3.05, 3.63) is 63.7 Å².